The molecule has 0 unspecified atom stereocenters. The van der Waals surface area contributed by atoms with Crippen LogP contribution in [0, 0.1) is 5.41 Å². The van der Waals surface area contributed by atoms with Crippen LogP contribution in [0.4, 0.5) is 11.4 Å². The molecule has 0 aromatic heterocycles. The van der Waals surface area contributed by atoms with Crippen molar-refractivity contribution in [2.75, 3.05) is 17.2 Å². The van der Waals surface area contributed by atoms with Crippen LogP contribution in [0.3, 0.4) is 0 Å². The van der Waals surface area contributed by atoms with E-state index in [1.54, 1.807) is 32.0 Å². The van der Waals surface area contributed by atoms with E-state index in [0.717, 1.165) is 0 Å². The van der Waals surface area contributed by atoms with Gasteiger partial charge in [-0.15, -0.1) is 0 Å². The summed E-state index contributed by atoms with van der Waals surface area (Å²) in [6.45, 7) is 5.16. The SMILES string of the molecule is CC(=O)Nc1ccc(NC(=O)C(C)(C)CN)cc1Cl. The third-order valence-corrected chi connectivity index (χ3v) is 2.98. The van der Waals surface area contributed by atoms with Gasteiger partial charge < -0.3 is 16.4 Å². The number of carbonyl (C=O) groups excluding carboxylic acids is 2. The number of hydrogen-bond acceptors (Lipinski definition) is 3. The molecular weight excluding hydrogens is 266 g/mol. The van der Waals surface area contributed by atoms with Gasteiger partial charge in [0, 0.05) is 19.2 Å². The molecule has 1 aromatic carbocycles. The number of anilines is 2. The van der Waals surface area contributed by atoms with Gasteiger partial charge in [-0.05, 0) is 32.0 Å². The van der Waals surface area contributed by atoms with E-state index in [1.165, 1.54) is 6.92 Å². The number of carbonyl (C=O) groups is 2. The van der Waals surface area contributed by atoms with Crippen molar-refractivity contribution in [3.63, 3.8) is 0 Å². The van der Waals surface area contributed by atoms with Gasteiger partial charge in [-0.2, -0.15) is 0 Å². The van der Waals surface area contributed by atoms with Crippen molar-refractivity contribution in [2.45, 2.75) is 20.8 Å². The van der Waals surface area contributed by atoms with E-state index in [4.69, 9.17) is 17.3 Å². The minimum atomic E-state index is -0.650. The molecule has 0 spiro atoms. The third kappa shape index (κ3) is 4.22. The molecule has 0 aliphatic rings. The molecular formula is C13H18ClN3O2. The molecule has 0 fully saturated rings. The van der Waals surface area contributed by atoms with Crippen LogP contribution in [-0.2, 0) is 9.59 Å². The maximum atomic E-state index is 11.9. The summed E-state index contributed by atoms with van der Waals surface area (Å²) in [5, 5.41) is 5.69. The average Bonchev–Trinajstić information content (AvgIpc) is 2.32. The highest BCUT2D eigenvalue weighted by atomic mass is 35.5. The Morgan fingerprint density at radius 2 is 1.95 bits per heavy atom. The van der Waals surface area contributed by atoms with Gasteiger partial charge in [-0.3, -0.25) is 9.59 Å². The molecule has 104 valence electrons. The van der Waals surface area contributed by atoms with Gasteiger partial charge in [0.1, 0.15) is 0 Å². The maximum Gasteiger partial charge on any atom is 0.231 e. The first-order chi connectivity index (χ1) is 8.76. The monoisotopic (exact) mass is 283 g/mol. The number of rotatable bonds is 4. The Hall–Kier alpha value is -1.59. The van der Waals surface area contributed by atoms with E-state index in [-0.39, 0.29) is 18.4 Å². The normalized spacial score (nSPS) is 11.0. The summed E-state index contributed by atoms with van der Waals surface area (Å²) in [4.78, 5) is 22.9. The van der Waals surface area contributed by atoms with Crippen molar-refractivity contribution in [3.8, 4) is 0 Å². The Labute approximate surface area is 117 Å². The van der Waals surface area contributed by atoms with Crippen LogP contribution < -0.4 is 16.4 Å². The van der Waals surface area contributed by atoms with E-state index in [1.807, 2.05) is 0 Å². The van der Waals surface area contributed by atoms with Gasteiger partial charge in [0.15, 0.2) is 0 Å². The summed E-state index contributed by atoms with van der Waals surface area (Å²) in [7, 11) is 0. The van der Waals surface area contributed by atoms with Crippen molar-refractivity contribution in [2.24, 2.45) is 11.1 Å². The van der Waals surface area contributed by atoms with E-state index in [0.29, 0.717) is 16.4 Å². The molecule has 0 atom stereocenters. The Morgan fingerprint density at radius 3 is 2.42 bits per heavy atom. The lowest BCUT2D eigenvalue weighted by Crippen LogP contribution is -2.37. The zero-order valence-corrected chi connectivity index (χ0v) is 12.0. The van der Waals surface area contributed by atoms with Crippen LogP contribution in [0.25, 0.3) is 0 Å². The molecule has 1 aromatic rings. The molecule has 0 saturated carbocycles. The average molecular weight is 284 g/mol. The summed E-state index contributed by atoms with van der Waals surface area (Å²) in [6.07, 6.45) is 0. The number of nitrogens with one attached hydrogen (secondary N) is 2. The molecule has 5 nitrogen and oxygen atoms in total. The summed E-state index contributed by atoms with van der Waals surface area (Å²) in [5.41, 5.74) is 5.95. The molecule has 0 heterocycles. The molecule has 0 bridgehead atoms. The first kappa shape index (κ1) is 15.5. The number of nitrogens with two attached hydrogens (primary N) is 1. The molecule has 0 radical (unpaired) electrons. The van der Waals surface area contributed by atoms with Crippen LogP contribution in [0.2, 0.25) is 5.02 Å². The zero-order valence-electron chi connectivity index (χ0n) is 11.2. The Bertz CT molecular complexity index is 501. The van der Waals surface area contributed by atoms with Crippen LogP contribution in [0.1, 0.15) is 20.8 Å². The largest absolute Gasteiger partial charge is 0.329 e. The molecule has 1 rings (SSSR count). The van der Waals surface area contributed by atoms with E-state index < -0.39 is 5.41 Å². The van der Waals surface area contributed by atoms with Gasteiger partial charge in [-0.1, -0.05) is 11.6 Å². The standard InChI is InChI=1S/C13H18ClN3O2/c1-8(18)16-11-5-4-9(6-10(11)14)17-12(19)13(2,3)7-15/h4-6H,7,15H2,1-3H3,(H,16,18)(H,17,19). The maximum absolute atomic E-state index is 11.9. The lowest BCUT2D eigenvalue weighted by molar-refractivity contribution is -0.123. The van der Waals surface area contributed by atoms with Crippen LogP contribution >= 0.6 is 11.6 Å². The molecule has 0 saturated heterocycles. The lowest BCUT2D eigenvalue weighted by atomic mass is 9.92. The highest BCUT2D eigenvalue weighted by molar-refractivity contribution is 6.34. The van der Waals surface area contributed by atoms with Crippen LogP contribution in [0.15, 0.2) is 18.2 Å². The number of halogens is 1. The van der Waals surface area contributed by atoms with Crippen molar-refractivity contribution in [3.05, 3.63) is 23.2 Å². The summed E-state index contributed by atoms with van der Waals surface area (Å²) in [6, 6.07) is 4.88. The summed E-state index contributed by atoms with van der Waals surface area (Å²) < 4.78 is 0. The first-order valence-electron chi connectivity index (χ1n) is 5.85. The van der Waals surface area contributed by atoms with Crippen molar-refractivity contribution in [1.82, 2.24) is 0 Å². The molecule has 2 amide bonds. The number of amides is 2. The third-order valence-electron chi connectivity index (χ3n) is 2.66. The summed E-state index contributed by atoms with van der Waals surface area (Å²) in [5.74, 6) is -0.388. The first-order valence-corrected chi connectivity index (χ1v) is 6.23. The predicted molar refractivity (Wildman–Crippen MR) is 77.2 cm³/mol. The Balaban J connectivity index is 2.85. The van der Waals surface area contributed by atoms with E-state index in [9.17, 15) is 9.59 Å². The summed E-state index contributed by atoms with van der Waals surface area (Å²) >= 11 is 6.01. The fraction of sp³-hybridized carbons (Fsp3) is 0.385. The quantitative estimate of drug-likeness (QED) is 0.792. The second kappa shape index (κ2) is 6.04. The molecule has 0 aliphatic heterocycles. The fourth-order valence-electron chi connectivity index (χ4n) is 1.28. The van der Waals surface area contributed by atoms with Crippen LogP contribution in [0.5, 0.6) is 0 Å². The zero-order chi connectivity index (χ0) is 14.6. The van der Waals surface area contributed by atoms with Gasteiger partial charge in [-0.25, -0.2) is 0 Å². The molecule has 19 heavy (non-hydrogen) atoms. The molecule has 4 N–H and O–H groups in total. The highest BCUT2D eigenvalue weighted by Gasteiger charge is 2.25. The number of hydrogen-bond donors (Lipinski definition) is 3. The Morgan fingerprint density at radius 1 is 1.32 bits per heavy atom. The lowest BCUT2D eigenvalue weighted by Gasteiger charge is -2.21. The fourth-order valence-corrected chi connectivity index (χ4v) is 1.50. The van der Waals surface area contributed by atoms with Crippen molar-refractivity contribution in [1.29, 1.82) is 0 Å². The molecule has 0 aliphatic carbocycles. The number of benzene rings is 1. The minimum Gasteiger partial charge on any atom is -0.329 e. The van der Waals surface area contributed by atoms with E-state index in [2.05, 4.69) is 10.6 Å². The van der Waals surface area contributed by atoms with Crippen molar-refractivity contribution >= 4 is 34.8 Å². The van der Waals surface area contributed by atoms with Crippen molar-refractivity contribution < 1.29 is 9.59 Å². The van der Waals surface area contributed by atoms with Gasteiger partial charge in [0.25, 0.3) is 0 Å². The smallest absolute Gasteiger partial charge is 0.231 e. The topological polar surface area (TPSA) is 84.2 Å². The van der Waals surface area contributed by atoms with Gasteiger partial charge >= 0.3 is 0 Å². The molecule has 6 heteroatoms. The van der Waals surface area contributed by atoms with Gasteiger partial charge in [0.05, 0.1) is 16.1 Å². The second-order valence-electron chi connectivity index (χ2n) is 4.92. The van der Waals surface area contributed by atoms with Gasteiger partial charge in [0.2, 0.25) is 11.8 Å². The Kier molecular flexibility index (Phi) is 4.91. The predicted octanol–water partition coefficient (Wildman–Crippen LogP) is 2.22. The second-order valence-corrected chi connectivity index (χ2v) is 5.33. The van der Waals surface area contributed by atoms with E-state index >= 15 is 0 Å². The van der Waals surface area contributed by atoms with Crippen LogP contribution in [-0.4, -0.2) is 18.4 Å². The minimum absolute atomic E-state index is 0.182. The highest BCUT2D eigenvalue weighted by Crippen LogP contribution is 2.26.